The quantitative estimate of drug-likeness (QED) is 0.0191. The van der Waals surface area contributed by atoms with E-state index in [-0.39, 0.29) is 42.8 Å². The number of carbonyl (C=O) groups excluding carboxylic acids is 3. The van der Waals surface area contributed by atoms with Crippen molar-refractivity contribution in [3.8, 4) is 0 Å². The van der Waals surface area contributed by atoms with E-state index < -0.39 is 212 Å². The van der Waals surface area contributed by atoms with Crippen molar-refractivity contribution in [3.05, 3.63) is 71.3 Å². The summed E-state index contributed by atoms with van der Waals surface area (Å²) in [5.41, 5.74) is 0.918. The summed E-state index contributed by atoms with van der Waals surface area (Å²) in [4.78, 5) is 65.4. The minimum Gasteiger partial charge on any atom is -0.479 e. The molecule has 4 fully saturated rings. The number of amides is 1. The number of hydrogen-bond donors (Lipinski definition) is 13. The van der Waals surface area contributed by atoms with Crippen LogP contribution in [0, 0.1) is 0 Å². The van der Waals surface area contributed by atoms with Crippen LogP contribution in [0.5, 0.6) is 0 Å². The van der Waals surface area contributed by atoms with Crippen LogP contribution in [0.3, 0.4) is 0 Å². The molecule has 4 heterocycles. The van der Waals surface area contributed by atoms with E-state index >= 15 is 0 Å². The van der Waals surface area contributed by atoms with Gasteiger partial charge in [0.2, 0.25) is 5.91 Å². The number of carboxylic acid groups (broad SMARTS) is 2. The number of rotatable bonds is 31. The maximum absolute atomic E-state index is 13.9. The molecule has 4 aliphatic heterocycles. The number of ether oxygens (including phenoxy) is 8. The zero-order valence-corrected chi connectivity index (χ0v) is 50.8. The van der Waals surface area contributed by atoms with E-state index in [4.69, 9.17) is 37.9 Å². The van der Waals surface area contributed by atoms with Gasteiger partial charge < -0.3 is 73.9 Å². The van der Waals surface area contributed by atoms with E-state index in [1.54, 1.807) is 30.3 Å². The van der Waals surface area contributed by atoms with Gasteiger partial charge in [-0.2, -0.15) is 46.8 Å². The Morgan fingerprint density at radius 1 is 0.495 bits per heavy atom. The number of aliphatic hydroxyl groups is 4. The smallest absolute Gasteiger partial charge is 0.397 e. The molecule has 0 aliphatic carbocycles. The lowest BCUT2D eigenvalue weighted by Gasteiger charge is -2.50. The van der Waals surface area contributed by atoms with Crippen molar-refractivity contribution in [2.75, 3.05) is 20.3 Å². The molecule has 514 valence electrons. The Kier molecular flexibility index (Phi) is 25.6. The molecule has 0 radical (unpaired) electrons. The maximum atomic E-state index is 13.9. The molecule has 0 bridgehead atoms. The van der Waals surface area contributed by atoms with Crippen LogP contribution in [0.1, 0.15) is 65.3 Å². The zero-order valence-electron chi connectivity index (χ0n) is 46.7. The summed E-state index contributed by atoms with van der Waals surface area (Å²) in [6.07, 6.45) is -46.3. The molecular formula is C46H62N2O38S5. The number of Topliss-reactive ketones (excluding diaryl/α,β-unsaturated/α-hetero) is 1. The van der Waals surface area contributed by atoms with Gasteiger partial charge in [-0.25, -0.2) is 26.3 Å². The molecular weight excluding hydrogens is 1350 g/mol. The van der Waals surface area contributed by atoms with E-state index in [9.17, 15) is 119 Å². The average molecular weight is 1410 g/mol. The van der Waals surface area contributed by atoms with Crippen LogP contribution in [0.2, 0.25) is 0 Å². The highest BCUT2D eigenvalue weighted by molar-refractivity contribution is 7.83. The normalized spacial score (nSPS) is 32.7. The van der Waals surface area contributed by atoms with Crippen LogP contribution < -0.4 is 10.0 Å². The fourth-order valence-corrected chi connectivity index (χ4v) is 12.2. The van der Waals surface area contributed by atoms with Gasteiger partial charge in [-0.3, -0.25) is 37.1 Å². The third-order valence-electron chi connectivity index (χ3n) is 14.0. The highest BCUT2D eigenvalue weighted by atomic mass is 32.3. The Labute approximate surface area is 516 Å². The lowest BCUT2D eigenvalue weighted by atomic mass is 9.93. The number of nitrogens with one attached hydrogen (secondary N) is 2. The Morgan fingerprint density at radius 2 is 0.934 bits per heavy atom. The molecule has 1 amide bonds. The number of aliphatic carboxylic acids is 2. The van der Waals surface area contributed by atoms with Gasteiger partial charge in [-0.1, -0.05) is 61.0 Å². The number of benzene rings is 2. The van der Waals surface area contributed by atoms with Crippen molar-refractivity contribution >= 4 is 81.3 Å². The molecule has 6 rings (SSSR count). The summed E-state index contributed by atoms with van der Waals surface area (Å²) in [6.45, 7) is -2.00. The highest BCUT2D eigenvalue weighted by Gasteiger charge is 2.59. The summed E-state index contributed by atoms with van der Waals surface area (Å²) in [6, 6.07) is 9.59. The second-order valence-electron chi connectivity index (χ2n) is 20.3. The van der Waals surface area contributed by atoms with E-state index in [0.29, 0.717) is 11.1 Å². The van der Waals surface area contributed by atoms with E-state index in [0.717, 1.165) is 14.0 Å². The molecule has 13 N–H and O–H groups in total. The zero-order chi connectivity index (χ0) is 67.9. The van der Waals surface area contributed by atoms with Crippen molar-refractivity contribution in [1.82, 2.24) is 10.0 Å². The summed E-state index contributed by atoms with van der Waals surface area (Å²) in [5.74, 6) is -6.06. The molecule has 0 saturated carbocycles. The molecule has 40 nitrogen and oxygen atoms in total. The largest absolute Gasteiger partial charge is 0.479 e. The Morgan fingerprint density at radius 3 is 1.41 bits per heavy atom. The molecule has 91 heavy (non-hydrogen) atoms. The minimum absolute atomic E-state index is 0.0945. The number of ketones is 2. The lowest BCUT2D eigenvalue weighted by Crippen LogP contribution is -2.70. The molecule has 0 aromatic heterocycles. The molecule has 0 spiro atoms. The maximum Gasteiger partial charge on any atom is 0.397 e. The fraction of sp³-hybridized carbons (Fsp3) is 0.630. The molecule has 4 saturated heterocycles. The lowest BCUT2D eigenvalue weighted by molar-refractivity contribution is -0.365. The van der Waals surface area contributed by atoms with Crippen molar-refractivity contribution in [2.45, 2.75) is 162 Å². The van der Waals surface area contributed by atoms with Crippen molar-refractivity contribution in [1.29, 1.82) is 0 Å². The number of carboxylic acids is 2. The van der Waals surface area contributed by atoms with Crippen LogP contribution in [-0.2, 0) is 121 Å². The first-order valence-corrected chi connectivity index (χ1v) is 33.2. The Bertz CT molecular complexity index is 3460. The number of carbonyl (C=O) groups is 5. The first-order chi connectivity index (χ1) is 42.2. The fourth-order valence-electron chi connectivity index (χ4n) is 9.93. The molecule has 20 atom stereocenters. The topological polar surface area (TPSA) is 613 Å². The Balaban J connectivity index is 1.34. The summed E-state index contributed by atoms with van der Waals surface area (Å²) < 4.78 is 231. The molecule has 4 aliphatic rings. The van der Waals surface area contributed by atoms with Gasteiger partial charge in [0.25, 0.3) is 0 Å². The third kappa shape index (κ3) is 21.3. The predicted molar refractivity (Wildman–Crippen MR) is 287 cm³/mol. The predicted octanol–water partition coefficient (Wildman–Crippen LogP) is -4.94. The molecule has 8 unspecified atom stereocenters. The van der Waals surface area contributed by atoms with Gasteiger partial charge in [-0.15, -0.1) is 0 Å². The Hall–Kier alpha value is -4.94. The molecule has 45 heteroatoms. The van der Waals surface area contributed by atoms with Crippen LogP contribution in [0.15, 0.2) is 54.6 Å². The number of unbranched alkanes of at least 4 members (excludes halogenated alkanes) is 2. The standard InChI is InChI=1S/C46H62N2O38S5/c1-19-27(48-87(60,61)62)30(52)34(24(78-19)17-76-88(63,64)65)80-46-39(86-91(72,73)74)33(55)37(41(84-46)43(58)59)82-44-28(47-26(50)12-8-4-7-11-23(49)20-13-15-22(16-14-20)29(51)21-9-5-3-6-10-21)31(53)35(25(79-44)18-77-89(66,67)68)81-45-38(85-90(69,70)71)32(54)36(75-2)40(83-45)42(56)57/h3,5-6,9-10,13-16,19,24-25,27-28,30-41,44-46,48,52-55H,4,7-8,11-12,17-18H2,1-2H3,(H,47,50)(H,56,57)(H,58,59)(H,60,61,62)(H,63,64,65)(H,66,67,68)(H,69,70,71)(H,72,73,74)/t19-,24?,25?,27-,28+,30?,31?,32+,33+,34-,35-,36+,37+,38?,39?,40?,41?,44-,45+,46+/m0/s1. The van der Waals surface area contributed by atoms with Gasteiger partial charge in [0.1, 0.15) is 67.1 Å². The van der Waals surface area contributed by atoms with Gasteiger partial charge >= 0.3 is 63.8 Å². The number of hydrogen-bond acceptors (Lipinski definition) is 31. The van der Waals surface area contributed by atoms with Crippen LogP contribution in [0.4, 0.5) is 0 Å². The van der Waals surface area contributed by atoms with E-state index in [1.165, 1.54) is 29.0 Å². The number of aliphatic hydroxyl groups excluding tert-OH is 4. The van der Waals surface area contributed by atoms with Crippen molar-refractivity contribution < 1.29 is 174 Å². The van der Waals surface area contributed by atoms with Gasteiger partial charge in [-0.05, 0) is 19.8 Å². The van der Waals surface area contributed by atoms with E-state index in [1.807, 2.05) is 0 Å². The highest BCUT2D eigenvalue weighted by Crippen LogP contribution is 2.37. The molecule has 2 aromatic carbocycles. The number of methoxy groups -OCH3 is 1. The second-order valence-corrected chi connectivity index (χ2v) is 25.7. The minimum atomic E-state index is -5.98. The molecule has 2 aromatic rings. The van der Waals surface area contributed by atoms with Gasteiger partial charge in [0.15, 0.2) is 54.9 Å². The SMILES string of the molecule is CO[C@H]1C(C(=O)O)O[C@@H](O[C@H]2C(COS(=O)(=O)O)O[C@@H](O[C@H]3C(C(=O)O)O[C@@H](O[C@H]4C(COS(=O)(=O)O)O[C@@H](C)[C@H](NS(=O)(=O)O)C4O)C(OS(=O)(=O)O)[C@@H]3O)[C@H](NC(=O)CCCCCC(=O)c3ccc(C(=O)c4ccccc4)cc3)C2O)C(OS(=O)(=O)O)[C@@H]1O. The van der Waals surface area contributed by atoms with Crippen LogP contribution in [-0.4, -0.2) is 268 Å². The average Bonchev–Trinajstić information content (AvgIpc) is 0.776. The monoisotopic (exact) mass is 1410 g/mol. The second kappa shape index (κ2) is 31.1. The van der Waals surface area contributed by atoms with Gasteiger partial charge in [0.05, 0.1) is 25.4 Å². The first kappa shape index (κ1) is 75.1. The summed E-state index contributed by atoms with van der Waals surface area (Å²) >= 11 is 0. The van der Waals surface area contributed by atoms with Crippen molar-refractivity contribution in [2.24, 2.45) is 0 Å². The summed E-state index contributed by atoms with van der Waals surface area (Å²) in [5, 5.41) is 69.4. The van der Waals surface area contributed by atoms with E-state index in [2.05, 4.69) is 22.0 Å². The first-order valence-electron chi connectivity index (χ1n) is 26.3. The van der Waals surface area contributed by atoms with Crippen LogP contribution in [0.25, 0.3) is 0 Å². The third-order valence-corrected chi connectivity index (χ3v) is 16.3. The van der Waals surface area contributed by atoms with Gasteiger partial charge in [0, 0.05) is 36.6 Å². The summed E-state index contributed by atoms with van der Waals surface area (Å²) in [7, 11) is -27.3. The van der Waals surface area contributed by atoms with Crippen LogP contribution >= 0.6 is 0 Å². The van der Waals surface area contributed by atoms with Crippen molar-refractivity contribution in [3.63, 3.8) is 0 Å².